The Morgan fingerprint density at radius 3 is 2.43 bits per heavy atom. The van der Waals surface area contributed by atoms with Crippen LogP contribution in [-0.2, 0) is 21.5 Å². The van der Waals surface area contributed by atoms with Crippen molar-refractivity contribution >= 4 is 16.0 Å². The highest BCUT2D eigenvalue weighted by molar-refractivity contribution is 7.86. The molecule has 23 heavy (non-hydrogen) atoms. The van der Waals surface area contributed by atoms with Crippen LogP contribution in [0.15, 0.2) is 24.3 Å². The standard InChI is InChI=1S/C17H27NO4S/c1-6-14(4)18(17(19)10-13(2)3)12-15-8-7-9-16(11-15)22-23(5,20)21/h7-9,11,13-14H,6,10,12H2,1-5H3. The minimum Gasteiger partial charge on any atom is -0.383 e. The van der Waals surface area contributed by atoms with Gasteiger partial charge in [-0.05, 0) is 37.0 Å². The largest absolute Gasteiger partial charge is 0.383 e. The summed E-state index contributed by atoms with van der Waals surface area (Å²) in [5, 5.41) is 0. The van der Waals surface area contributed by atoms with Crippen molar-refractivity contribution in [1.82, 2.24) is 4.90 Å². The summed E-state index contributed by atoms with van der Waals surface area (Å²) in [6, 6.07) is 6.98. The van der Waals surface area contributed by atoms with E-state index in [2.05, 4.69) is 0 Å². The lowest BCUT2D eigenvalue weighted by Crippen LogP contribution is -2.38. The maximum Gasteiger partial charge on any atom is 0.306 e. The second-order valence-corrected chi connectivity index (χ2v) is 7.89. The fourth-order valence-electron chi connectivity index (χ4n) is 2.24. The molecule has 0 bridgehead atoms. The van der Waals surface area contributed by atoms with Gasteiger partial charge in [-0.15, -0.1) is 0 Å². The number of benzene rings is 1. The Bertz CT molecular complexity index is 625. The van der Waals surface area contributed by atoms with Crippen LogP contribution in [0, 0.1) is 5.92 Å². The van der Waals surface area contributed by atoms with Gasteiger partial charge in [-0.3, -0.25) is 4.79 Å². The van der Waals surface area contributed by atoms with Crippen molar-refractivity contribution in [2.75, 3.05) is 6.26 Å². The molecule has 1 unspecified atom stereocenters. The van der Waals surface area contributed by atoms with Crippen LogP contribution in [0.2, 0.25) is 0 Å². The van der Waals surface area contributed by atoms with Gasteiger partial charge >= 0.3 is 10.1 Å². The Balaban J connectivity index is 2.95. The molecule has 5 nitrogen and oxygen atoms in total. The number of hydrogen-bond donors (Lipinski definition) is 0. The minimum atomic E-state index is -3.56. The molecule has 0 fully saturated rings. The summed E-state index contributed by atoms with van der Waals surface area (Å²) >= 11 is 0. The molecule has 0 aliphatic carbocycles. The zero-order valence-corrected chi connectivity index (χ0v) is 15.4. The molecule has 0 aliphatic rings. The Kier molecular flexibility index (Phi) is 7.06. The van der Waals surface area contributed by atoms with E-state index in [1.54, 1.807) is 18.2 Å². The van der Waals surface area contributed by atoms with Crippen molar-refractivity contribution in [3.63, 3.8) is 0 Å². The van der Waals surface area contributed by atoms with E-state index in [0.29, 0.717) is 18.9 Å². The number of nitrogens with zero attached hydrogens (tertiary/aromatic N) is 1. The summed E-state index contributed by atoms with van der Waals surface area (Å²) in [6.07, 6.45) is 2.38. The predicted octanol–water partition coefficient (Wildman–Crippen LogP) is 3.20. The third kappa shape index (κ3) is 7.03. The highest BCUT2D eigenvalue weighted by atomic mass is 32.2. The smallest absolute Gasteiger partial charge is 0.306 e. The van der Waals surface area contributed by atoms with E-state index in [9.17, 15) is 13.2 Å². The van der Waals surface area contributed by atoms with Crippen LogP contribution in [0.1, 0.15) is 46.1 Å². The fraction of sp³-hybridized carbons (Fsp3) is 0.588. The van der Waals surface area contributed by atoms with Gasteiger partial charge in [0.2, 0.25) is 5.91 Å². The van der Waals surface area contributed by atoms with E-state index >= 15 is 0 Å². The van der Waals surface area contributed by atoms with Crippen molar-refractivity contribution in [3.8, 4) is 5.75 Å². The summed E-state index contributed by atoms with van der Waals surface area (Å²) < 4.78 is 27.4. The molecule has 0 aliphatic heterocycles. The Morgan fingerprint density at radius 1 is 1.26 bits per heavy atom. The molecule has 0 aromatic heterocycles. The van der Waals surface area contributed by atoms with Gasteiger partial charge in [0.1, 0.15) is 5.75 Å². The number of carbonyl (C=O) groups excluding carboxylic acids is 1. The van der Waals surface area contributed by atoms with E-state index in [-0.39, 0.29) is 17.7 Å². The SMILES string of the molecule is CCC(C)N(Cc1cccc(OS(C)(=O)=O)c1)C(=O)CC(C)C. The number of carbonyl (C=O) groups is 1. The Hall–Kier alpha value is -1.56. The first kappa shape index (κ1) is 19.5. The van der Waals surface area contributed by atoms with E-state index in [1.807, 2.05) is 38.7 Å². The molecule has 1 atom stereocenters. The Morgan fingerprint density at radius 2 is 1.91 bits per heavy atom. The molecule has 0 N–H and O–H groups in total. The van der Waals surface area contributed by atoms with Crippen LogP contribution < -0.4 is 4.18 Å². The molecule has 130 valence electrons. The summed E-state index contributed by atoms with van der Waals surface area (Å²) in [4.78, 5) is 14.3. The molecule has 1 rings (SSSR count). The molecule has 0 spiro atoms. The topological polar surface area (TPSA) is 63.7 Å². The van der Waals surface area contributed by atoms with Crippen LogP contribution in [-0.4, -0.2) is 31.5 Å². The van der Waals surface area contributed by atoms with Crippen molar-refractivity contribution in [2.45, 2.75) is 53.1 Å². The molecular weight excluding hydrogens is 314 g/mol. The molecular formula is C17H27NO4S. The van der Waals surface area contributed by atoms with Crippen molar-refractivity contribution in [1.29, 1.82) is 0 Å². The van der Waals surface area contributed by atoms with E-state index in [4.69, 9.17) is 4.18 Å². The van der Waals surface area contributed by atoms with E-state index < -0.39 is 10.1 Å². The van der Waals surface area contributed by atoms with Crippen LogP contribution in [0.5, 0.6) is 5.75 Å². The highest BCUT2D eigenvalue weighted by Gasteiger charge is 2.20. The van der Waals surface area contributed by atoms with Gasteiger partial charge in [0.25, 0.3) is 0 Å². The van der Waals surface area contributed by atoms with Crippen molar-refractivity contribution in [3.05, 3.63) is 29.8 Å². The summed E-state index contributed by atoms with van der Waals surface area (Å²) in [7, 11) is -3.56. The lowest BCUT2D eigenvalue weighted by molar-refractivity contribution is -0.134. The maximum absolute atomic E-state index is 12.5. The van der Waals surface area contributed by atoms with Gasteiger partial charge < -0.3 is 9.08 Å². The average molecular weight is 341 g/mol. The highest BCUT2D eigenvalue weighted by Crippen LogP contribution is 2.19. The maximum atomic E-state index is 12.5. The molecule has 1 aromatic rings. The number of amides is 1. The predicted molar refractivity (Wildman–Crippen MR) is 91.7 cm³/mol. The second-order valence-electron chi connectivity index (χ2n) is 6.31. The van der Waals surface area contributed by atoms with E-state index in [0.717, 1.165) is 18.2 Å². The molecule has 0 saturated carbocycles. The normalized spacial score (nSPS) is 13.0. The number of hydrogen-bond acceptors (Lipinski definition) is 4. The van der Waals surface area contributed by atoms with Gasteiger partial charge in [-0.2, -0.15) is 8.42 Å². The van der Waals surface area contributed by atoms with Gasteiger partial charge in [0.05, 0.1) is 6.26 Å². The van der Waals surface area contributed by atoms with Crippen LogP contribution in [0.3, 0.4) is 0 Å². The lowest BCUT2D eigenvalue weighted by Gasteiger charge is -2.29. The first-order valence-corrected chi connectivity index (χ1v) is 9.72. The van der Waals surface area contributed by atoms with E-state index in [1.165, 1.54) is 0 Å². The second kappa shape index (κ2) is 8.34. The third-order valence-corrected chi connectivity index (χ3v) is 4.02. The molecule has 1 amide bonds. The Labute approximate surface area is 139 Å². The number of rotatable bonds is 8. The van der Waals surface area contributed by atoms with Crippen LogP contribution >= 0.6 is 0 Å². The average Bonchev–Trinajstić information content (AvgIpc) is 2.41. The van der Waals surface area contributed by atoms with Gasteiger partial charge in [0, 0.05) is 19.0 Å². The molecule has 1 aromatic carbocycles. The van der Waals surface area contributed by atoms with Gasteiger partial charge in [-0.25, -0.2) is 0 Å². The van der Waals surface area contributed by atoms with Crippen molar-refractivity contribution < 1.29 is 17.4 Å². The summed E-state index contributed by atoms with van der Waals surface area (Å²) in [6.45, 7) is 8.56. The lowest BCUT2D eigenvalue weighted by atomic mass is 10.1. The fourth-order valence-corrected chi connectivity index (χ4v) is 2.70. The zero-order valence-electron chi connectivity index (χ0n) is 14.6. The first-order chi connectivity index (χ1) is 10.6. The summed E-state index contributed by atoms with van der Waals surface area (Å²) in [5.74, 6) is 0.683. The zero-order chi connectivity index (χ0) is 17.6. The molecule has 0 saturated heterocycles. The van der Waals surface area contributed by atoms with Crippen molar-refractivity contribution in [2.24, 2.45) is 5.92 Å². The minimum absolute atomic E-state index is 0.115. The monoisotopic (exact) mass is 341 g/mol. The summed E-state index contributed by atoms with van der Waals surface area (Å²) in [5.41, 5.74) is 0.851. The van der Waals surface area contributed by atoms with Gasteiger partial charge in [-0.1, -0.05) is 32.9 Å². The van der Waals surface area contributed by atoms with Gasteiger partial charge in [0.15, 0.2) is 0 Å². The van der Waals surface area contributed by atoms with Crippen LogP contribution in [0.25, 0.3) is 0 Å². The third-order valence-electron chi connectivity index (χ3n) is 3.53. The molecule has 0 heterocycles. The quantitative estimate of drug-likeness (QED) is 0.681. The first-order valence-electron chi connectivity index (χ1n) is 7.90. The van der Waals surface area contributed by atoms with Crippen LogP contribution in [0.4, 0.5) is 0 Å². The molecule has 0 radical (unpaired) electrons. The molecule has 6 heteroatoms.